The third-order valence-electron chi connectivity index (χ3n) is 6.19. The summed E-state index contributed by atoms with van der Waals surface area (Å²) in [5.74, 6) is 1.33. The number of amides is 1. The van der Waals surface area contributed by atoms with E-state index in [0.717, 1.165) is 40.2 Å². The molecular weight excluding hydrogens is 456 g/mol. The van der Waals surface area contributed by atoms with Gasteiger partial charge in [-0.3, -0.25) is 9.78 Å². The summed E-state index contributed by atoms with van der Waals surface area (Å²) in [7, 11) is 1.66. The van der Waals surface area contributed by atoms with Gasteiger partial charge in [0, 0.05) is 61.6 Å². The van der Waals surface area contributed by atoms with Crippen molar-refractivity contribution in [1.29, 1.82) is 0 Å². The molecule has 0 unspecified atom stereocenters. The van der Waals surface area contributed by atoms with E-state index in [1.165, 1.54) is 0 Å². The summed E-state index contributed by atoms with van der Waals surface area (Å²) in [6, 6.07) is 13.4. The van der Waals surface area contributed by atoms with Gasteiger partial charge in [-0.05, 0) is 48.0 Å². The number of anilines is 2. The van der Waals surface area contributed by atoms with Gasteiger partial charge in [0.15, 0.2) is 0 Å². The predicted molar refractivity (Wildman–Crippen MR) is 135 cm³/mol. The van der Waals surface area contributed by atoms with Crippen LogP contribution in [0.25, 0.3) is 22.3 Å². The molecule has 10 nitrogen and oxygen atoms in total. The largest absolute Gasteiger partial charge is 0.380 e. The molecule has 0 aliphatic carbocycles. The lowest BCUT2D eigenvalue weighted by Gasteiger charge is -2.27. The fourth-order valence-electron chi connectivity index (χ4n) is 4.40. The average Bonchev–Trinajstić information content (AvgIpc) is 3.55. The summed E-state index contributed by atoms with van der Waals surface area (Å²) < 4.78 is 7.30. The van der Waals surface area contributed by atoms with Gasteiger partial charge in [-0.1, -0.05) is 0 Å². The highest BCUT2D eigenvalue weighted by Gasteiger charge is 2.23. The summed E-state index contributed by atoms with van der Waals surface area (Å²) in [4.78, 5) is 36.0. The zero-order valence-electron chi connectivity index (χ0n) is 19.7. The van der Waals surface area contributed by atoms with Gasteiger partial charge < -0.3 is 24.5 Å². The third kappa shape index (κ3) is 4.29. The van der Waals surface area contributed by atoms with Crippen LogP contribution in [0, 0.1) is 0 Å². The first kappa shape index (κ1) is 21.9. The summed E-state index contributed by atoms with van der Waals surface area (Å²) in [5.41, 5.74) is 4.74. The van der Waals surface area contributed by atoms with E-state index >= 15 is 0 Å². The molecule has 36 heavy (non-hydrogen) atoms. The van der Waals surface area contributed by atoms with Crippen molar-refractivity contribution in [3.63, 3.8) is 0 Å². The summed E-state index contributed by atoms with van der Waals surface area (Å²) in [6.45, 7) is 2.42. The molecule has 1 aromatic carbocycles. The molecule has 6 rings (SSSR count). The first-order chi connectivity index (χ1) is 17.7. The van der Waals surface area contributed by atoms with Crippen LogP contribution in [0.5, 0.6) is 0 Å². The molecule has 2 N–H and O–H groups in total. The number of hydrogen-bond donors (Lipinski definition) is 2. The molecule has 0 saturated carbocycles. The molecule has 1 aliphatic rings. The Morgan fingerprint density at radius 3 is 2.86 bits per heavy atom. The maximum Gasteiger partial charge on any atom is 0.270 e. The number of hydrogen-bond acceptors (Lipinski definition) is 7. The molecule has 0 bridgehead atoms. The number of imidazole rings is 1. The van der Waals surface area contributed by atoms with Crippen molar-refractivity contribution >= 4 is 28.4 Å². The van der Waals surface area contributed by atoms with Crippen LogP contribution < -0.4 is 5.32 Å². The van der Waals surface area contributed by atoms with E-state index < -0.39 is 0 Å². The van der Waals surface area contributed by atoms with Gasteiger partial charge in [-0.25, -0.2) is 15.0 Å². The van der Waals surface area contributed by atoms with Crippen LogP contribution in [0.3, 0.4) is 0 Å². The van der Waals surface area contributed by atoms with Crippen LogP contribution in [0.15, 0.2) is 67.3 Å². The minimum Gasteiger partial charge on any atom is -0.380 e. The number of aromatic amines is 1. The minimum atomic E-state index is -0.0332. The maximum absolute atomic E-state index is 13.1. The zero-order valence-corrected chi connectivity index (χ0v) is 19.7. The SMILES string of the molecule is COCc1ccnc(-c2ccnc(Nc3ccc4[nH]c(C(=O)N5CCn6ccnc6C5)cc4c3)n2)c1. The van der Waals surface area contributed by atoms with Crippen LogP contribution in [0.4, 0.5) is 11.6 Å². The summed E-state index contributed by atoms with van der Waals surface area (Å²) in [5, 5.41) is 4.18. The Balaban J connectivity index is 1.20. The molecule has 0 atom stereocenters. The van der Waals surface area contributed by atoms with Crippen molar-refractivity contribution in [3.05, 3.63) is 84.3 Å². The Hall–Kier alpha value is -4.57. The highest BCUT2D eigenvalue weighted by Crippen LogP contribution is 2.24. The lowest BCUT2D eigenvalue weighted by molar-refractivity contribution is 0.0702. The van der Waals surface area contributed by atoms with Gasteiger partial charge >= 0.3 is 0 Å². The summed E-state index contributed by atoms with van der Waals surface area (Å²) >= 11 is 0. The topological polar surface area (TPSA) is 114 Å². The van der Waals surface area contributed by atoms with E-state index in [1.807, 2.05) is 53.6 Å². The van der Waals surface area contributed by atoms with Crippen LogP contribution >= 0.6 is 0 Å². The van der Waals surface area contributed by atoms with Crippen molar-refractivity contribution in [3.8, 4) is 11.4 Å². The minimum absolute atomic E-state index is 0.0332. The molecule has 5 aromatic rings. The van der Waals surface area contributed by atoms with Crippen LogP contribution in [0.2, 0.25) is 0 Å². The van der Waals surface area contributed by atoms with Gasteiger partial charge in [0.05, 0.1) is 24.5 Å². The molecule has 1 amide bonds. The van der Waals surface area contributed by atoms with E-state index in [1.54, 1.807) is 25.7 Å². The van der Waals surface area contributed by atoms with Crippen molar-refractivity contribution in [1.82, 2.24) is 34.4 Å². The van der Waals surface area contributed by atoms with Gasteiger partial charge in [-0.2, -0.15) is 0 Å². The predicted octanol–water partition coefficient (Wildman–Crippen LogP) is 3.76. The number of aromatic nitrogens is 6. The number of benzene rings is 1. The third-order valence-corrected chi connectivity index (χ3v) is 6.19. The molecule has 0 fully saturated rings. The van der Waals surface area contributed by atoms with Crippen molar-refractivity contribution in [2.24, 2.45) is 0 Å². The Labute approximate surface area is 207 Å². The van der Waals surface area contributed by atoms with Crippen LogP contribution in [-0.2, 0) is 24.4 Å². The number of ether oxygens (including phenoxy) is 1. The fourth-order valence-corrected chi connectivity index (χ4v) is 4.40. The average molecular weight is 481 g/mol. The Morgan fingerprint density at radius 2 is 1.94 bits per heavy atom. The van der Waals surface area contributed by atoms with E-state index in [0.29, 0.717) is 37.0 Å². The number of nitrogens with one attached hydrogen (secondary N) is 2. The molecule has 10 heteroatoms. The Morgan fingerprint density at radius 1 is 1.03 bits per heavy atom. The standard InChI is InChI=1S/C26H24N8O2/c1-36-16-17-4-6-27-22(12-17)21-5-7-29-26(32-21)30-19-2-3-20-18(13-19)14-23(31-20)25(35)34-11-10-33-9-8-28-24(33)15-34/h2-9,12-14,31H,10-11,15-16H2,1H3,(H,29,30,32). The number of nitrogens with zero attached hydrogens (tertiary/aromatic N) is 6. The molecule has 0 radical (unpaired) electrons. The number of H-pyrrole nitrogens is 1. The molecular formula is C26H24N8O2. The van der Waals surface area contributed by atoms with E-state index in [-0.39, 0.29) is 5.91 Å². The zero-order chi connectivity index (χ0) is 24.5. The number of fused-ring (bicyclic) bond motifs is 2. The highest BCUT2D eigenvalue weighted by molar-refractivity contribution is 5.98. The lowest BCUT2D eigenvalue weighted by atomic mass is 10.2. The molecule has 5 heterocycles. The van der Waals surface area contributed by atoms with E-state index in [2.05, 4.69) is 34.8 Å². The maximum atomic E-state index is 13.1. The first-order valence-electron chi connectivity index (χ1n) is 11.6. The molecule has 4 aromatic heterocycles. The van der Waals surface area contributed by atoms with Crippen molar-refractivity contribution < 1.29 is 9.53 Å². The van der Waals surface area contributed by atoms with Gasteiger partial charge in [0.2, 0.25) is 5.95 Å². The van der Waals surface area contributed by atoms with E-state index in [4.69, 9.17) is 4.74 Å². The number of rotatable bonds is 6. The monoisotopic (exact) mass is 480 g/mol. The lowest BCUT2D eigenvalue weighted by Crippen LogP contribution is -2.38. The number of pyridine rings is 1. The Kier molecular flexibility index (Phi) is 5.62. The van der Waals surface area contributed by atoms with Gasteiger partial charge in [-0.15, -0.1) is 0 Å². The molecule has 0 spiro atoms. The molecule has 180 valence electrons. The second-order valence-electron chi connectivity index (χ2n) is 8.62. The fraction of sp³-hybridized carbons (Fsp3) is 0.192. The van der Waals surface area contributed by atoms with E-state index in [9.17, 15) is 4.79 Å². The van der Waals surface area contributed by atoms with Crippen LogP contribution in [0.1, 0.15) is 21.9 Å². The smallest absolute Gasteiger partial charge is 0.270 e. The van der Waals surface area contributed by atoms with Crippen molar-refractivity contribution in [2.75, 3.05) is 19.0 Å². The van der Waals surface area contributed by atoms with Gasteiger partial charge in [0.1, 0.15) is 11.5 Å². The quantitative estimate of drug-likeness (QED) is 0.380. The number of methoxy groups -OCH3 is 1. The van der Waals surface area contributed by atoms with Gasteiger partial charge in [0.25, 0.3) is 5.91 Å². The normalized spacial score (nSPS) is 13.1. The highest BCUT2D eigenvalue weighted by atomic mass is 16.5. The number of carbonyl (C=O) groups is 1. The number of carbonyl (C=O) groups excluding carboxylic acids is 1. The second kappa shape index (κ2) is 9.23. The molecule has 1 aliphatic heterocycles. The first-order valence-corrected chi connectivity index (χ1v) is 11.6. The summed E-state index contributed by atoms with van der Waals surface area (Å²) in [6.07, 6.45) is 7.17. The Bertz CT molecular complexity index is 1560. The second-order valence-corrected chi connectivity index (χ2v) is 8.62. The van der Waals surface area contributed by atoms with Crippen molar-refractivity contribution in [2.45, 2.75) is 19.7 Å². The molecule has 0 saturated heterocycles. The van der Waals surface area contributed by atoms with Crippen LogP contribution in [-0.4, -0.2) is 53.9 Å².